The van der Waals surface area contributed by atoms with E-state index in [4.69, 9.17) is 22.1 Å². The van der Waals surface area contributed by atoms with Crippen LogP contribution in [0.25, 0.3) is 0 Å². The number of carbonyl (C=O) groups excluding carboxylic acids is 2. The molecule has 1 aromatic carbocycles. The molecule has 1 atom stereocenters. The first-order chi connectivity index (χ1) is 9.83. The highest BCUT2D eigenvalue weighted by molar-refractivity contribution is 6.34. The van der Waals surface area contributed by atoms with E-state index in [1.807, 2.05) is 0 Å². The zero-order chi connectivity index (χ0) is 15.6. The molecule has 0 aliphatic carbocycles. The first kappa shape index (κ1) is 15.8. The minimum atomic E-state index is -1.02. The average Bonchev–Trinajstić information content (AvgIpc) is 2.88. The number of nitrogens with two attached hydrogens (primary N) is 1. The van der Waals surface area contributed by atoms with Gasteiger partial charge in [0.2, 0.25) is 5.91 Å². The Morgan fingerprint density at radius 2 is 2.14 bits per heavy atom. The summed E-state index contributed by atoms with van der Waals surface area (Å²) in [5, 5.41) is 3.04. The monoisotopic (exact) mass is 311 g/mol. The summed E-state index contributed by atoms with van der Waals surface area (Å²) in [4.78, 5) is 25.6. The molecule has 1 saturated heterocycles. The van der Waals surface area contributed by atoms with Crippen molar-refractivity contribution in [3.05, 3.63) is 28.8 Å². The summed E-state index contributed by atoms with van der Waals surface area (Å²) in [5.74, 6) is -0.562. The molecule has 1 aliphatic heterocycles. The highest BCUT2D eigenvalue weighted by Gasteiger charge is 2.38. The van der Waals surface area contributed by atoms with E-state index in [-0.39, 0.29) is 18.4 Å². The SMILES string of the molecule is CN(C)C(=O)c1cc(NC(=O)C2(N)CCOC2)ccc1Cl. The zero-order valence-electron chi connectivity index (χ0n) is 12.0. The number of rotatable bonds is 3. The third-order valence-corrected chi connectivity index (χ3v) is 3.69. The lowest BCUT2D eigenvalue weighted by atomic mass is 9.99. The number of halogens is 1. The molecule has 0 bridgehead atoms. The molecule has 114 valence electrons. The van der Waals surface area contributed by atoms with Crippen LogP contribution >= 0.6 is 11.6 Å². The van der Waals surface area contributed by atoms with E-state index in [0.29, 0.717) is 29.3 Å². The van der Waals surface area contributed by atoms with Crippen molar-refractivity contribution in [2.45, 2.75) is 12.0 Å². The van der Waals surface area contributed by atoms with Crippen molar-refractivity contribution in [3.8, 4) is 0 Å². The molecule has 3 N–H and O–H groups in total. The molecule has 1 unspecified atom stereocenters. The van der Waals surface area contributed by atoms with Crippen LogP contribution in [0.15, 0.2) is 18.2 Å². The second kappa shape index (κ2) is 6.01. The number of benzene rings is 1. The lowest BCUT2D eigenvalue weighted by molar-refractivity contribution is -0.121. The van der Waals surface area contributed by atoms with E-state index >= 15 is 0 Å². The Labute approximate surface area is 128 Å². The first-order valence-corrected chi connectivity index (χ1v) is 6.90. The van der Waals surface area contributed by atoms with Gasteiger partial charge in [-0.05, 0) is 24.6 Å². The fourth-order valence-electron chi connectivity index (χ4n) is 2.02. The van der Waals surface area contributed by atoms with E-state index in [2.05, 4.69) is 5.32 Å². The molecule has 6 nitrogen and oxygen atoms in total. The number of anilines is 1. The van der Waals surface area contributed by atoms with Crippen molar-refractivity contribution in [1.82, 2.24) is 4.90 Å². The Bertz CT molecular complexity index is 569. The van der Waals surface area contributed by atoms with Gasteiger partial charge in [-0.15, -0.1) is 0 Å². The van der Waals surface area contributed by atoms with Crippen molar-refractivity contribution in [3.63, 3.8) is 0 Å². The van der Waals surface area contributed by atoms with Crippen LogP contribution in [0, 0.1) is 0 Å². The van der Waals surface area contributed by atoms with E-state index in [9.17, 15) is 9.59 Å². The third-order valence-electron chi connectivity index (χ3n) is 3.37. The molecule has 0 radical (unpaired) electrons. The maximum absolute atomic E-state index is 12.2. The maximum Gasteiger partial charge on any atom is 0.254 e. The molecule has 1 fully saturated rings. The number of nitrogens with zero attached hydrogens (tertiary/aromatic N) is 1. The Hall–Kier alpha value is -1.63. The van der Waals surface area contributed by atoms with E-state index in [1.54, 1.807) is 32.3 Å². The Morgan fingerprint density at radius 3 is 2.71 bits per heavy atom. The number of carbonyl (C=O) groups is 2. The lowest BCUT2D eigenvalue weighted by Crippen LogP contribution is -2.51. The topological polar surface area (TPSA) is 84.7 Å². The van der Waals surface area contributed by atoms with Crippen molar-refractivity contribution in [2.24, 2.45) is 5.73 Å². The minimum absolute atomic E-state index is 0.190. The summed E-state index contributed by atoms with van der Waals surface area (Å²) in [6.07, 6.45) is 0.468. The smallest absolute Gasteiger partial charge is 0.254 e. The first-order valence-electron chi connectivity index (χ1n) is 6.53. The summed E-state index contributed by atoms with van der Waals surface area (Å²) in [6, 6.07) is 4.75. The summed E-state index contributed by atoms with van der Waals surface area (Å²) in [5.41, 5.74) is 5.77. The van der Waals surface area contributed by atoms with Crippen LogP contribution in [0.5, 0.6) is 0 Å². The Balaban J connectivity index is 2.19. The molecular formula is C14H18ClN3O3. The van der Waals surface area contributed by atoms with Crippen molar-refractivity contribution >= 4 is 29.1 Å². The molecule has 21 heavy (non-hydrogen) atoms. The van der Waals surface area contributed by atoms with Gasteiger partial charge in [0.05, 0.1) is 17.2 Å². The molecule has 1 heterocycles. The van der Waals surface area contributed by atoms with Crippen LogP contribution in [0.4, 0.5) is 5.69 Å². The highest BCUT2D eigenvalue weighted by atomic mass is 35.5. The number of amides is 2. The summed E-state index contributed by atoms with van der Waals surface area (Å²) in [7, 11) is 3.27. The molecule has 0 spiro atoms. The number of hydrogen-bond donors (Lipinski definition) is 2. The lowest BCUT2D eigenvalue weighted by Gasteiger charge is -2.21. The van der Waals surface area contributed by atoms with Crippen LogP contribution in [0.1, 0.15) is 16.8 Å². The van der Waals surface area contributed by atoms with Crippen LogP contribution in [0.3, 0.4) is 0 Å². The normalized spacial score (nSPS) is 21.1. The zero-order valence-corrected chi connectivity index (χ0v) is 12.7. The molecule has 0 aromatic heterocycles. The van der Waals surface area contributed by atoms with Crippen LogP contribution < -0.4 is 11.1 Å². The van der Waals surface area contributed by atoms with Gasteiger partial charge in [-0.1, -0.05) is 11.6 Å². The van der Waals surface area contributed by atoms with Gasteiger partial charge >= 0.3 is 0 Å². The quantitative estimate of drug-likeness (QED) is 0.875. The van der Waals surface area contributed by atoms with E-state index < -0.39 is 5.54 Å². The second-order valence-electron chi connectivity index (χ2n) is 5.31. The average molecular weight is 312 g/mol. The van der Waals surface area contributed by atoms with E-state index in [0.717, 1.165) is 0 Å². The number of nitrogens with one attached hydrogen (secondary N) is 1. The Kier molecular flexibility index (Phi) is 4.51. The van der Waals surface area contributed by atoms with Gasteiger partial charge in [0.1, 0.15) is 5.54 Å². The van der Waals surface area contributed by atoms with E-state index in [1.165, 1.54) is 4.90 Å². The largest absolute Gasteiger partial charge is 0.379 e. The van der Waals surface area contributed by atoms with Crippen LogP contribution in [-0.2, 0) is 9.53 Å². The summed E-state index contributed by atoms with van der Waals surface area (Å²) >= 11 is 6.02. The predicted octanol–water partition coefficient (Wildman–Crippen LogP) is 1.10. The van der Waals surface area contributed by atoms with Gasteiger partial charge in [0, 0.05) is 26.4 Å². The number of ether oxygens (including phenoxy) is 1. The highest BCUT2D eigenvalue weighted by Crippen LogP contribution is 2.23. The van der Waals surface area contributed by atoms with Gasteiger partial charge in [0.15, 0.2) is 0 Å². The fraction of sp³-hybridized carbons (Fsp3) is 0.429. The van der Waals surface area contributed by atoms with Gasteiger partial charge in [-0.2, -0.15) is 0 Å². The van der Waals surface area contributed by atoms with Gasteiger partial charge < -0.3 is 20.7 Å². The van der Waals surface area contributed by atoms with Crippen LogP contribution in [0.2, 0.25) is 5.02 Å². The third kappa shape index (κ3) is 3.34. The van der Waals surface area contributed by atoms with Gasteiger partial charge in [0.25, 0.3) is 5.91 Å². The minimum Gasteiger partial charge on any atom is -0.379 e. The van der Waals surface area contributed by atoms with Gasteiger partial charge in [-0.25, -0.2) is 0 Å². The maximum atomic E-state index is 12.2. The van der Waals surface area contributed by atoms with Crippen molar-refractivity contribution in [1.29, 1.82) is 0 Å². The standard InChI is InChI=1S/C14H18ClN3O3/c1-18(2)12(19)10-7-9(3-4-11(10)15)17-13(20)14(16)5-6-21-8-14/h3-4,7H,5-6,8,16H2,1-2H3,(H,17,20). The van der Waals surface area contributed by atoms with Crippen LogP contribution in [-0.4, -0.2) is 49.6 Å². The molecule has 2 amide bonds. The molecular weight excluding hydrogens is 294 g/mol. The molecule has 0 saturated carbocycles. The summed E-state index contributed by atoms with van der Waals surface area (Å²) < 4.78 is 5.16. The van der Waals surface area contributed by atoms with Gasteiger partial charge in [-0.3, -0.25) is 9.59 Å². The molecule has 1 aromatic rings. The fourth-order valence-corrected chi connectivity index (χ4v) is 2.22. The predicted molar refractivity (Wildman–Crippen MR) is 80.5 cm³/mol. The molecule has 2 rings (SSSR count). The van der Waals surface area contributed by atoms with Crippen molar-refractivity contribution in [2.75, 3.05) is 32.6 Å². The Morgan fingerprint density at radius 1 is 1.43 bits per heavy atom. The van der Waals surface area contributed by atoms with Crippen molar-refractivity contribution < 1.29 is 14.3 Å². The second-order valence-corrected chi connectivity index (χ2v) is 5.71. The molecule has 1 aliphatic rings. The summed E-state index contributed by atoms with van der Waals surface area (Å²) in [6.45, 7) is 0.658. The molecule has 7 heteroatoms. The number of hydrogen-bond acceptors (Lipinski definition) is 4.